The average Bonchev–Trinajstić information content (AvgIpc) is 2.58. The van der Waals surface area contributed by atoms with E-state index >= 15 is 0 Å². The molecule has 6 nitrogen and oxygen atoms in total. The number of anilines is 2. The standard InChI is InChI=1S/C8H8N2O.C7H5N2.CH4O.U/c1-10-7-4-3-6(9)5-8(7)11-2;1-9-7-4-2-6(8)3-5-7;1-2;/h3-5H,9H2,2H3;2-4H,8H2;2H,1H3;/q;-1;;. The van der Waals surface area contributed by atoms with Crippen LogP contribution in [-0.4, -0.2) is 19.3 Å². The van der Waals surface area contributed by atoms with Crippen LogP contribution in [0.1, 0.15) is 0 Å². The first-order chi connectivity index (χ1) is 10.6. The fraction of sp³-hybridized carbons (Fsp3) is 0.125. The minimum atomic E-state index is 0. The van der Waals surface area contributed by atoms with Gasteiger partial charge in [0.15, 0.2) is 0 Å². The molecule has 0 fully saturated rings. The first kappa shape index (κ1) is 23.1. The summed E-state index contributed by atoms with van der Waals surface area (Å²) in [6.07, 6.45) is 0. The SMILES string of the molecule is CO.[C-]#[N+]c1[c-]cc(N)cc1.[C-]#[N+]c1ccc(N)cc1OC.[U]. The quantitative estimate of drug-likeness (QED) is 0.387. The van der Waals surface area contributed by atoms with E-state index in [1.54, 1.807) is 36.4 Å². The van der Waals surface area contributed by atoms with Crippen LogP contribution in [0.25, 0.3) is 9.69 Å². The summed E-state index contributed by atoms with van der Waals surface area (Å²) in [5.74, 6) is 0.528. The molecule has 2 rings (SSSR count). The molecule has 2 aromatic carbocycles. The molecule has 0 aliphatic rings. The number of nitrogens with zero attached hydrogens (tertiary/aromatic N) is 2. The van der Waals surface area contributed by atoms with Crippen molar-refractivity contribution in [2.24, 2.45) is 0 Å². The predicted octanol–water partition coefficient (Wildman–Crippen LogP) is 3.06. The summed E-state index contributed by atoms with van der Waals surface area (Å²) in [7, 11) is 2.52. The Morgan fingerprint density at radius 3 is 2.09 bits per heavy atom. The van der Waals surface area contributed by atoms with Gasteiger partial charge in [0.05, 0.1) is 25.9 Å². The van der Waals surface area contributed by atoms with Crippen molar-refractivity contribution in [3.05, 3.63) is 65.3 Å². The summed E-state index contributed by atoms with van der Waals surface area (Å²) in [6.45, 7) is 13.3. The van der Waals surface area contributed by atoms with Crippen molar-refractivity contribution in [3.63, 3.8) is 0 Å². The topological polar surface area (TPSA) is 90.2 Å². The van der Waals surface area contributed by atoms with Crippen LogP contribution in [0, 0.1) is 50.3 Å². The van der Waals surface area contributed by atoms with Gasteiger partial charge >= 0.3 is 0 Å². The number of nitrogen functional groups attached to an aromatic ring is 2. The van der Waals surface area contributed by atoms with E-state index < -0.39 is 0 Å². The summed E-state index contributed by atoms with van der Waals surface area (Å²) < 4.78 is 4.92. The zero-order valence-electron chi connectivity index (χ0n) is 12.9. The fourth-order valence-electron chi connectivity index (χ4n) is 1.28. The Hall–Kier alpha value is -2.17. The number of rotatable bonds is 1. The summed E-state index contributed by atoms with van der Waals surface area (Å²) >= 11 is 0. The molecule has 0 radical (unpaired) electrons. The molecule has 0 atom stereocenters. The van der Waals surface area contributed by atoms with Gasteiger partial charge in [0.25, 0.3) is 0 Å². The molecular formula is C16H17N4O2U-. The average molecular weight is 535 g/mol. The van der Waals surface area contributed by atoms with Gasteiger partial charge in [-0.15, -0.1) is 0 Å². The Balaban J connectivity index is 0. The zero-order chi connectivity index (χ0) is 17.0. The number of benzene rings is 2. The van der Waals surface area contributed by atoms with E-state index in [0.29, 0.717) is 28.5 Å². The van der Waals surface area contributed by atoms with Gasteiger partial charge in [0.1, 0.15) is 5.75 Å². The molecule has 0 aliphatic heterocycles. The molecule has 5 N–H and O–H groups in total. The van der Waals surface area contributed by atoms with Crippen LogP contribution in [0.4, 0.5) is 22.7 Å². The van der Waals surface area contributed by atoms with Gasteiger partial charge in [-0.25, -0.2) is 4.85 Å². The Kier molecular flexibility index (Phi) is 13.6. The second-order valence-electron chi connectivity index (χ2n) is 3.66. The number of hydrogen-bond donors (Lipinski definition) is 3. The molecule has 0 spiro atoms. The second kappa shape index (κ2) is 13.5. The molecule has 7 heteroatoms. The van der Waals surface area contributed by atoms with Gasteiger partial charge in [-0.2, -0.15) is 24.3 Å². The van der Waals surface area contributed by atoms with Crippen LogP contribution in [0.3, 0.4) is 0 Å². The first-order valence-corrected chi connectivity index (χ1v) is 6.01. The molecule has 0 heterocycles. The minimum absolute atomic E-state index is 0. The van der Waals surface area contributed by atoms with Gasteiger partial charge in [-0.3, -0.25) is 4.85 Å². The molecule has 118 valence electrons. The van der Waals surface area contributed by atoms with Crippen molar-refractivity contribution in [1.82, 2.24) is 0 Å². The van der Waals surface area contributed by atoms with E-state index in [0.717, 1.165) is 7.11 Å². The maximum Gasteiger partial charge on any atom is 0.228 e. The Labute approximate surface area is 160 Å². The molecule has 2 aromatic rings. The van der Waals surface area contributed by atoms with E-state index in [2.05, 4.69) is 15.8 Å². The summed E-state index contributed by atoms with van der Waals surface area (Å²) in [4.78, 5) is 6.40. The number of ether oxygens (including phenoxy) is 1. The monoisotopic (exact) mass is 535 g/mol. The molecule has 0 aromatic heterocycles. The van der Waals surface area contributed by atoms with Crippen LogP contribution in [0.5, 0.6) is 5.75 Å². The van der Waals surface area contributed by atoms with E-state index in [1.165, 1.54) is 7.11 Å². The molecule has 0 amide bonds. The van der Waals surface area contributed by atoms with Crippen LogP contribution in [0.2, 0.25) is 0 Å². The molecule has 0 saturated carbocycles. The number of nitrogens with two attached hydrogens (primary N) is 2. The van der Waals surface area contributed by atoms with E-state index in [9.17, 15) is 0 Å². The molecule has 0 aliphatic carbocycles. The fourth-order valence-corrected chi connectivity index (χ4v) is 1.28. The smallest absolute Gasteiger partial charge is 0.228 e. The van der Waals surface area contributed by atoms with Crippen molar-refractivity contribution in [1.29, 1.82) is 0 Å². The third-order valence-corrected chi connectivity index (χ3v) is 2.27. The van der Waals surface area contributed by atoms with Gasteiger partial charge in [0, 0.05) is 43.9 Å². The predicted molar refractivity (Wildman–Crippen MR) is 87.8 cm³/mol. The van der Waals surface area contributed by atoms with Crippen LogP contribution < -0.4 is 16.2 Å². The van der Waals surface area contributed by atoms with Gasteiger partial charge < -0.3 is 21.3 Å². The van der Waals surface area contributed by atoms with Crippen LogP contribution in [0.15, 0.2) is 36.4 Å². The molecule has 23 heavy (non-hydrogen) atoms. The number of methoxy groups -OCH3 is 1. The number of hydrogen-bond acceptors (Lipinski definition) is 4. The summed E-state index contributed by atoms with van der Waals surface area (Å²) in [6, 6.07) is 12.6. The van der Waals surface area contributed by atoms with E-state index in [-0.39, 0.29) is 31.1 Å². The Bertz CT molecular complexity index is 661. The largest absolute Gasteiger partial charge is 0.508 e. The van der Waals surface area contributed by atoms with Crippen LogP contribution >= 0.6 is 0 Å². The minimum Gasteiger partial charge on any atom is -0.508 e. The third-order valence-electron chi connectivity index (χ3n) is 2.27. The van der Waals surface area contributed by atoms with Crippen molar-refractivity contribution >= 4 is 22.7 Å². The van der Waals surface area contributed by atoms with Gasteiger partial charge in [-0.1, -0.05) is 11.8 Å². The maximum atomic E-state index is 7.00. The van der Waals surface area contributed by atoms with Crippen LogP contribution in [-0.2, 0) is 0 Å². The zero-order valence-corrected chi connectivity index (χ0v) is 17.0. The first-order valence-electron chi connectivity index (χ1n) is 6.01. The second-order valence-corrected chi connectivity index (χ2v) is 3.66. The Morgan fingerprint density at radius 2 is 1.65 bits per heavy atom. The van der Waals surface area contributed by atoms with Crippen molar-refractivity contribution in [2.75, 3.05) is 25.7 Å². The van der Waals surface area contributed by atoms with Gasteiger partial charge in [0.2, 0.25) is 5.69 Å². The van der Waals surface area contributed by atoms with Crippen molar-refractivity contribution in [2.45, 2.75) is 0 Å². The summed E-state index contributed by atoms with van der Waals surface area (Å²) in [5.41, 5.74) is 13.1. The molecule has 0 saturated heterocycles. The maximum absolute atomic E-state index is 7.00. The molecule has 0 bridgehead atoms. The molecule has 0 unspecified atom stereocenters. The summed E-state index contributed by atoms with van der Waals surface area (Å²) in [5, 5.41) is 7.00. The normalized spacial score (nSPS) is 7.70. The third kappa shape index (κ3) is 8.76. The van der Waals surface area contributed by atoms with Crippen molar-refractivity contribution in [3.8, 4) is 5.75 Å². The number of aliphatic hydroxyl groups is 1. The van der Waals surface area contributed by atoms with E-state index in [1.807, 2.05) is 0 Å². The molecular weight excluding hydrogens is 518 g/mol. The van der Waals surface area contributed by atoms with Crippen molar-refractivity contribution < 1.29 is 41.0 Å². The van der Waals surface area contributed by atoms with E-state index in [4.69, 9.17) is 34.5 Å². The Morgan fingerprint density at radius 1 is 1.04 bits per heavy atom. The number of aliphatic hydroxyl groups excluding tert-OH is 1. The van der Waals surface area contributed by atoms with Gasteiger partial charge in [-0.05, 0) is 12.1 Å².